The van der Waals surface area contributed by atoms with E-state index in [4.69, 9.17) is 9.47 Å². The maximum Gasteiger partial charge on any atom is 0.281 e. The number of aromatic nitrogens is 4. The lowest BCUT2D eigenvalue weighted by Crippen LogP contribution is -2.71. The predicted molar refractivity (Wildman–Crippen MR) is 366 cm³/mol. The van der Waals surface area contributed by atoms with E-state index in [1.54, 1.807) is 60.0 Å². The number of halogens is 6. The van der Waals surface area contributed by atoms with Crippen molar-refractivity contribution in [3.8, 4) is 45.1 Å². The number of hydrogen-bond donors (Lipinski definition) is 0. The Hall–Kier alpha value is -9.55. The van der Waals surface area contributed by atoms with Crippen LogP contribution in [0.2, 0.25) is 0 Å². The summed E-state index contributed by atoms with van der Waals surface area (Å²) in [5.41, 5.74) is -0.462. The lowest BCUT2D eigenvalue weighted by molar-refractivity contribution is -0.131. The number of carbonyl (C=O) groups excluding carboxylic acids is 3. The highest BCUT2D eigenvalue weighted by molar-refractivity contribution is 6.15. The molecule has 512 valence electrons. The Morgan fingerprint density at radius 3 is 1.39 bits per heavy atom. The molecule has 4 saturated heterocycles. The molecular weight excluding hydrogens is 1270 g/mol. The molecule has 0 aliphatic carbocycles. The monoisotopic (exact) mass is 1350 g/mol. The number of carbonyl (C=O) groups is 3. The van der Waals surface area contributed by atoms with Gasteiger partial charge in [-0.2, -0.15) is 0 Å². The molecule has 14 rings (SSSR count). The lowest BCUT2D eigenvalue weighted by atomic mass is 9.88. The van der Waals surface area contributed by atoms with E-state index in [0.717, 1.165) is 24.6 Å². The average molecular weight is 1350 g/mol. The first kappa shape index (κ1) is 67.0. The maximum atomic E-state index is 17.6. The van der Waals surface area contributed by atoms with Gasteiger partial charge in [0.2, 0.25) is 11.8 Å². The summed E-state index contributed by atoms with van der Waals surface area (Å²) in [6, 6.07) is 10.8. The van der Waals surface area contributed by atoms with E-state index in [0.29, 0.717) is 73.0 Å². The molecule has 18 nitrogen and oxygen atoms in total. The molecule has 0 spiro atoms. The average Bonchev–Trinajstić information content (AvgIpc) is 0.701. The van der Waals surface area contributed by atoms with Crippen LogP contribution in [0.1, 0.15) is 88.7 Å². The highest BCUT2D eigenvalue weighted by Gasteiger charge is 2.52. The smallest absolute Gasteiger partial charge is 0.281 e. The minimum Gasteiger partial charge on any atom is -0.496 e. The number of amides is 3. The zero-order valence-corrected chi connectivity index (χ0v) is 56.7. The van der Waals surface area contributed by atoms with E-state index in [1.807, 2.05) is 51.6 Å². The van der Waals surface area contributed by atoms with Crippen LogP contribution in [0, 0.1) is 54.7 Å². The second-order valence-electron chi connectivity index (χ2n) is 27.5. The van der Waals surface area contributed by atoms with E-state index >= 15 is 35.9 Å². The zero-order chi connectivity index (χ0) is 70.1. The summed E-state index contributed by atoms with van der Waals surface area (Å²) in [7, 11) is 6.41. The number of rotatable bonds is 11. The number of nitrogens with zero attached hydrogens (tertiary/aromatic N) is 11. The number of aryl methyl sites for hydroxylation is 2. The molecule has 98 heavy (non-hydrogen) atoms. The van der Waals surface area contributed by atoms with Crippen LogP contribution < -0.4 is 40.2 Å². The van der Waals surface area contributed by atoms with Gasteiger partial charge in [0.15, 0.2) is 11.6 Å². The number of likely N-dealkylation sites (N-methyl/N-ethyl adjacent to an activating group) is 2. The largest absolute Gasteiger partial charge is 0.496 e. The number of anilines is 4. The summed E-state index contributed by atoms with van der Waals surface area (Å²) in [4.78, 5) is 93.8. The number of piperidine rings is 1. The van der Waals surface area contributed by atoms with E-state index in [-0.39, 0.29) is 110 Å². The van der Waals surface area contributed by atoms with Crippen LogP contribution in [0.25, 0.3) is 55.4 Å². The molecule has 0 N–H and O–H groups in total. The number of methoxy groups -OCH3 is 2. The summed E-state index contributed by atoms with van der Waals surface area (Å²) in [6.07, 6.45) is 5.78. The fourth-order valence-corrected chi connectivity index (χ4v) is 15.6. The van der Waals surface area contributed by atoms with Crippen molar-refractivity contribution in [2.75, 3.05) is 93.7 Å². The Kier molecular flexibility index (Phi) is 17.4. The lowest BCUT2D eigenvalue weighted by Gasteiger charge is -2.53. The van der Waals surface area contributed by atoms with Gasteiger partial charge in [-0.15, -0.1) is 0 Å². The van der Waals surface area contributed by atoms with Crippen LogP contribution in [0.15, 0.2) is 95.3 Å². The number of pyridine rings is 4. The fraction of sp³-hybridized carbons (Fsp3) is 0.392. The van der Waals surface area contributed by atoms with Crippen LogP contribution in [0.5, 0.6) is 11.5 Å². The van der Waals surface area contributed by atoms with Crippen molar-refractivity contribution in [1.29, 1.82) is 0 Å². The second-order valence-corrected chi connectivity index (χ2v) is 27.5. The number of ether oxygens (including phenoxy) is 2. The number of fused-ring (bicyclic) bond motifs is 10. The van der Waals surface area contributed by atoms with Crippen molar-refractivity contribution in [2.45, 2.75) is 110 Å². The molecule has 4 aromatic carbocycles. The highest BCUT2D eigenvalue weighted by Crippen LogP contribution is 2.51. The second kappa shape index (κ2) is 25.4. The van der Waals surface area contributed by atoms with Crippen LogP contribution in [0.4, 0.5) is 49.1 Å². The SMILES string of the molecule is C=CC(=O)N1C[C@@H]2C(=O)N(C3CN(C)C3)c3c(c4cc(F)c(-c5c(F)cccc5OC)c(F)c4n(-c4c(C)ccnc4C(C)C)c3=O)N2C[C@H]1C.COc1cccc(F)c1-c1c(F)cc2c3c(c(=O)n(-c4c(C)ccnc4C(C)C)c2c1F)N(C1CN(C)C1)C(=O)[C@H]1CC[C@H](C)CN31. The van der Waals surface area contributed by atoms with Crippen molar-refractivity contribution in [3.63, 3.8) is 0 Å². The molecule has 4 fully saturated rings. The van der Waals surface area contributed by atoms with E-state index in [1.165, 1.54) is 64.7 Å². The number of likely N-dealkylation sites (tertiary alicyclic amines) is 2. The normalized spacial score (nSPS) is 19.7. The Bertz CT molecular complexity index is 4800. The van der Waals surface area contributed by atoms with Crippen molar-refractivity contribution in [2.24, 2.45) is 5.92 Å². The van der Waals surface area contributed by atoms with Gasteiger partial charge in [0.05, 0.1) is 100 Å². The van der Waals surface area contributed by atoms with E-state index < -0.39 is 92.8 Å². The van der Waals surface area contributed by atoms with Gasteiger partial charge in [0, 0.05) is 68.5 Å². The van der Waals surface area contributed by atoms with E-state index in [2.05, 4.69) is 28.4 Å². The van der Waals surface area contributed by atoms with E-state index in [9.17, 15) is 14.4 Å². The van der Waals surface area contributed by atoms with Crippen molar-refractivity contribution < 1.29 is 50.2 Å². The quantitative estimate of drug-likeness (QED) is 0.0889. The van der Waals surface area contributed by atoms with Crippen LogP contribution in [-0.4, -0.2) is 156 Å². The summed E-state index contributed by atoms with van der Waals surface area (Å²) in [6.45, 7) is 21.2. The third-order valence-corrected chi connectivity index (χ3v) is 20.3. The Labute approximate surface area is 562 Å². The van der Waals surface area contributed by atoms with Gasteiger partial charge in [0.25, 0.3) is 17.0 Å². The van der Waals surface area contributed by atoms with Crippen LogP contribution in [-0.2, 0) is 14.4 Å². The Morgan fingerprint density at radius 2 is 0.980 bits per heavy atom. The van der Waals surface area contributed by atoms with Crippen LogP contribution in [0.3, 0.4) is 0 Å². The third-order valence-electron chi connectivity index (χ3n) is 20.3. The first-order valence-corrected chi connectivity index (χ1v) is 33.0. The molecule has 3 amide bonds. The molecule has 6 aliphatic rings. The first-order chi connectivity index (χ1) is 46.7. The summed E-state index contributed by atoms with van der Waals surface area (Å²) in [5.74, 6) is -7.46. The minimum atomic E-state index is -1.18. The molecule has 0 saturated carbocycles. The van der Waals surface area contributed by atoms with Crippen LogP contribution >= 0.6 is 0 Å². The summed E-state index contributed by atoms with van der Waals surface area (Å²) in [5, 5.41) is 0.151. The first-order valence-electron chi connectivity index (χ1n) is 33.0. The molecule has 24 heteroatoms. The van der Waals surface area contributed by atoms with Gasteiger partial charge in [-0.1, -0.05) is 53.3 Å². The maximum absolute atomic E-state index is 17.6. The molecule has 4 atom stereocenters. The summed E-state index contributed by atoms with van der Waals surface area (Å²) >= 11 is 0. The Balaban J connectivity index is 0.000000177. The van der Waals surface area contributed by atoms with Crippen molar-refractivity contribution in [3.05, 3.63) is 164 Å². The molecule has 4 aromatic heterocycles. The standard InChI is InChI=1S/C38H39F3N6O4.C36H38F3N5O3/c1-8-28(48)44-18-26-37(49)46(22-16-43(6)17-22)36-35(45(26)15-21(44)5)23-14-25(40)30(29-24(39)10-9-11-27(29)51-7)31(41)34(23)47(38(36)50)33-20(4)12-13-42-32(33)19(2)3;1-18(2)30-31(20(4)12-13-40-30)44-32-22(14-24(38)28(29(32)39)27-23(37)8-7-9-26(27)47-6)33-34(36(44)46)43(21-16-41(5)17-21)35(45)25-11-10-19(3)15-42(25)33/h8-14,19,21-22,26H,1,15-18H2,2-7H3;7-9,12-14,18-19,21,25H,10-11,15-17H2,1-6H3/t21-,26-;19-,25+/m10/s1. The topological polar surface area (TPSA) is 162 Å². The highest BCUT2D eigenvalue weighted by atomic mass is 19.2. The molecule has 10 heterocycles. The molecule has 0 unspecified atom stereocenters. The van der Waals surface area contributed by atoms with Gasteiger partial charge in [-0.3, -0.25) is 52.9 Å². The third kappa shape index (κ3) is 10.5. The molecule has 0 radical (unpaired) electrons. The summed E-state index contributed by atoms with van der Waals surface area (Å²) < 4.78 is 113. The van der Waals surface area contributed by atoms with Gasteiger partial charge < -0.3 is 34.0 Å². The zero-order valence-electron chi connectivity index (χ0n) is 56.7. The predicted octanol–water partition coefficient (Wildman–Crippen LogP) is 11.3. The minimum absolute atomic E-state index is 0.00877. The molecule has 8 aromatic rings. The number of hydrogen-bond acceptors (Lipinski definition) is 13. The molecule has 0 bridgehead atoms. The molecule has 6 aliphatic heterocycles. The fourth-order valence-electron chi connectivity index (χ4n) is 15.6. The van der Waals surface area contributed by atoms with Gasteiger partial charge in [-0.05, 0) is 131 Å². The van der Waals surface area contributed by atoms with Crippen molar-refractivity contribution in [1.82, 2.24) is 33.8 Å². The van der Waals surface area contributed by atoms with Gasteiger partial charge in [-0.25, -0.2) is 26.3 Å². The van der Waals surface area contributed by atoms with Crippen molar-refractivity contribution >= 4 is 62.3 Å². The number of benzene rings is 4. The molecular formula is C74H77F6N11O7. The Morgan fingerprint density at radius 1 is 0.551 bits per heavy atom. The van der Waals surface area contributed by atoms with Gasteiger partial charge >= 0.3 is 0 Å². The van der Waals surface area contributed by atoms with Gasteiger partial charge in [0.1, 0.15) is 58.2 Å². The number of piperazine rings is 1.